The molecule has 0 bridgehead atoms. The van der Waals surface area contributed by atoms with E-state index in [0.29, 0.717) is 16.9 Å². The first-order chi connectivity index (χ1) is 10.1. The SMILES string of the molecule is Cc1ccc(CCc2ccc3nc(N)nc(N)c3n2)cc1. The van der Waals surface area contributed by atoms with E-state index in [-0.39, 0.29) is 5.95 Å². The fourth-order valence-corrected chi connectivity index (χ4v) is 2.26. The third-order valence-corrected chi connectivity index (χ3v) is 3.43. The third kappa shape index (κ3) is 2.91. The predicted molar refractivity (Wildman–Crippen MR) is 84.7 cm³/mol. The lowest BCUT2D eigenvalue weighted by Crippen LogP contribution is -2.03. The molecule has 5 heteroatoms. The Bertz CT molecular complexity index is 781. The molecule has 0 saturated carbocycles. The summed E-state index contributed by atoms with van der Waals surface area (Å²) in [5.74, 6) is 0.504. The molecule has 0 aliphatic rings. The lowest BCUT2D eigenvalue weighted by molar-refractivity contribution is 0.920. The fourth-order valence-electron chi connectivity index (χ4n) is 2.26. The average Bonchev–Trinajstić information content (AvgIpc) is 2.47. The molecule has 5 nitrogen and oxygen atoms in total. The van der Waals surface area contributed by atoms with E-state index >= 15 is 0 Å². The quantitative estimate of drug-likeness (QED) is 0.767. The molecule has 3 aromatic rings. The number of aromatic nitrogens is 3. The highest BCUT2D eigenvalue weighted by molar-refractivity contribution is 5.84. The molecular weight excluding hydrogens is 262 g/mol. The van der Waals surface area contributed by atoms with Crippen molar-refractivity contribution in [3.8, 4) is 0 Å². The largest absolute Gasteiger partial charge is 0.382 e. The fraction of sp³-hybridized carbons (Fsp3) is 0.188. The topological polar surface area (TPSA) is 90.7 Å². The maximum absolute atomic E-state index is 5.86. The van der Waals surface area contributed by atoms with Crippen molar-refractivity contribution in [1.82, 2.24) is 15.0 Å². The number of nitrogens with zero attached hydrogens (tertiary/aromatic N) is 3. The zero-order valence-corrected chi connectivity index (χ0v) is 11.9. The molecule has 0 amide bonds. The van der Waals surface area contributed by atoms with Crippen molar-refractivity contribution >= 4 is 22.8 Å². The van der Waals surface area contributed by atoms with E-state index in [0.717, 1.165) is 18.5 Å². The maximum atomic E-state index is 5.86. The first kappa shape index (κ1) is 13.3. The molecule has 0 aliphatic carbocycles. The Hall–Kier alpha value is -2.69. The summed E-state index contributed by atoms with van der Waals surface area (Å²) < 4.78 is 0. The van der Waals surface area contributed by atoms with Crippen LogP contribution in [0.2, 0.25) is 0 Å². The van der Waals surface area contributed by atoms with E-state index in [1.165, 1.54) is 11.1 Å². The zero-order chi connectivity index (χ0) is 14.8. The Morgan fingerprint density at radius 2 is 1.62 bits per heavy atom. The van der Waals surface area contributed by atoms with Gasteiger partial charge >= 0.3 is 0 Å². The van der Waals surface area contributed by atoms with E-state index in [9.17, 15) is 0 Å². The second-order valence-corrected chi connectivity index (χ2v) is 5.12. The van der Waals surface area contributed by atoms with Gasteiger partial charge in [0.15, 0.2) is 5.82 Å². The lowest BCUT2D eigenvalue weighted by atomic mass is 10.1. The van der Waals surface area contributed by atoms with Crippen LogP contribution >= 0.6 is 0 Å². The number of pyridine rings is 1. The Balaban J connectivity index is 1.83. The van der Waals surface area contributed by atoms with Crippen molar-refractivity contribution in [2.75, 3.05) is 11.5 Å². The van der Waals surface area contributed by atoms with E-state index in [1.54, 1.807) is 0 Å². The van der Waals surface area contributed by atoms with Gasteiger partial charge in [-0.15, -0.1) is 0 Å². The Morgan fingerprint density at radius 1 is 0.857 bits per heavy atom. The summed E-state index contributed by atoms with van der Waals surface area (Å²) in [6.07, 6.45) is 1.79. The van der Waals surface area contributed by atoms with Crippen LogP contribution in [0.4, 0.5) is 11.8 Å². The van der Waals surface area contributed by atoms with E-state index < -0.39 is 0 Å². The summed E-state index contributed by atoms with van der Waals surface area (Å²) in [6, 6.07) is 12.4. The predicted octanol–water partition coefficient (Wildman–Crippen LogP) is 2.28. The first-order valence-corrected chi connectivity index (χ1v) is 6.86. The molecule has 21 heavy (non-hydrogen) atoms. The van der Waals surface area contributed by atoms with Crippen molar-refractivity contribution in [1.29, 1.82) is 0 Å². The molecule has 0 saturated heterocycles. The number of aryl methyl sites for hydroxylation is 3. The second kappa shape index (κ2) is 5.36. The molecule has 3 rings (SSSR count). The van der Waals surface area contributed by atoms with Gasteiger partial charge in [0.05, 0.1) is 5.52 Å². The standard InChI is InChI=1S/C16H17N5/c1-10-2-4-11(5-3-10)6-7-12-8-9-13-14(19-12)15(17)21-16(18)20-13/h2-5,8-9H,6-7H2,1H3,(H4,17,18,20,21). The number of anilines is 2. The minimum absolute atomic E-state index is 0.175. The van der Waals surface area contributed by atoms with Crippen LogP contribution < -0.4 is 11.5 Å². The Labute approximate surface area is 123 Å². The van der Waals surface area contributed by atoms with Crippen LogP contribution in [0, 0.1) is 6.92 Å². The van der Waals surface area contributed by atoms with Crippen LogP contribution in [0.15, 0.2) is 36.4 Å². The molecule has 0 fully saturated rings. The lowest BCUT2D eigenvalue weighted by Gasteiger charge is -2.05. The minimum atomic E-state index is 0.175. The summed E-state index contributed by atoms with van der Waals surface area (Å²) in [5, 5.41) is 0. The number of rotatable bonds is 3. The smallest absolute Gasteiger partial charge is 0.222 e. The molecule has 0 atom stereocenters. The molecule has 0 spiro atoms. The Kier molecular flexibility index (Phi) is 3.39. The van der Waals surface area contributed by atoms with Crippen LogP contribution in [-0.2, 0) is 12.8 Å². The monoisotopic (exact) mass is 279 g/mol. The summed E-state index contributed by atoms with van der Waals surface area (Å²) in [7, 11) is 0. The van der Waals surface area contributed by atoms with Gasteiger partial charge in [0.25, 0.3) is 0 Å². The second-order valence-electron chi connectivity index (χ2n) is 5.12. The highest BCUT2D eigenvalue weighted by Crippen LogP contribution is 2.17. The molecule has 4 N–H and O–H groups in total. The third-order valence-electron chi connectivity index (χ3n) is 3.43. The summed E-state index contributed by atoms with van der Waals surface area (Å²) >= 11 is 0. The number of fused-ring (bicyclic) bond motifs is 1. The van der Waals surface area contributed by atoms with Crippen LogP contribution in [0.5, 0.6) is 0 Å². The van der Waals surface area contributed by atoms with Crippen molar-refractivity contribution in [3.63, 3.8) is 0 Å². The highest BCUT2D eigenvalue weighted by Gasteiger charge is 2.06. The van der Waals surface area contributed by atoms with Gasteiger partial charge < -0.3 is 11.5 Å². The maximum Gasteiger partial charge on any atom is 0.222 e. The van der Waals surface area contributed by atoms with Crippen LogP contribution in [0.3, 0.4) is 0 Å². The van der Waals surface area contributed by atoms with Crippen LogP contribution in [-0.4, -0.2) is 15.0 Å². The normalized spacial score (nSPS) is 10.9. The van der Waals surface area contributed by atoms with Crippen molar-refractivity contribution < 1.29 is 0 Å². The van der Waals surface area contributed by atoms with Crippen molar-refractivity contribution in [2.24, 2.45) is 0 Å². The minimum Gasteiger partial charge on any atom is -0.382 e. The average molecular weight is 279 g/mol. The van der Waals surface area contributed by atoms with Gasteiger partial charge in [0.2, 0.25) is 5.95 Å². The number of hydrogen-bond acceptors (Lipinski definition) is 5. The van der Waals surface area contributed by atoms with Crippen LogP contribution in [0.25, 0.3) is 11.0 Å². The van der Waals surface area contributed by atoms with Gasteiger partial charge in [-0.1, -0.05) is 29.8 Å². The molecule has 2 heterocycles. The summed E-state index contributed by atoms with van der Waals surface area (Å²) in [4.78, 5) is 12.6. The number of hydrogen-bond donors (Lipinski definition) is 2. The molecule has 2 aromatic heterocycles. The number of nitrogen functional groups attached to an aromatic ring is 2. The van der Waals surface area contributed by atoms with Gasteiger partial charge in [-0.3, -0.25) is 0 Å². The van der Waals surface area contributed by atoms with Gasteiger partial charge in [-0.05, 0) is 37.5 Å². The van der Waals surface area contributed by atoms with Gasteiger partial charge in [0.1, 0.15) is 5.52 Å². The molecule has 0 radical (unpaired) electrons. The van der Waals surface area contributed by atoms with Crippen molar-refractivity contribution in [3.05, 3.63) is 53.2 Å². The molecule has 106 valence electrons. The highest BCUT2D eigenvalue weighted by atomic mass is 15.0. The molecule has 0 unspecified atom stereocenters. The molecular formula is C16H17N5. The van der Waals surface area contributed by atoms with E-state index in [2.05, 4.69) is 46.1 Å². The van der Waals surface area contributed by atoms with Gasteiger partial charge in [-0.2, -0.15) is 4.98 Å². The number of benzene rings is 1. The first-order valence-electron chi connectivity index (χ1n) is 6.86. The zero-order valence-electron chi connectivity index (χ0n) is 11.9. The van der Waals surface area contributed by atoms with E-state index in [4.69, 9.17) is 11.5 Å². The van der Waals surface area contributed by atoms with E-state index in [1.807, 2.05) is 12.1 Å². The number of nitrogens with two attached hydrogens (primary N) is 2. The Morgan fingerprint density at radius 3 is 2.38 bits per heavy atom. The summed E-state index contributed by atoms with van der Waals surface area (Å²) in [6.45, 7) is 2.09. The molecule has 1 aromatic carbocycles. The summed E-state index contributed by atoms with van der Waals surface area (Å²) in [5.41, 5.74) is 16.3. The van der Waals surface area contributed by atoms with Gasteiger partial charge in [0, 0.05) is 5.69 Å². The molecule has 0 aliphatic heterocycles. The van der Waals surface area contributed by atoms with Crippen LogP contribution in [0.1, 0.15) is 16.8 Å². The van der Waals surface area contributed by atoms with Crippen molar-refractivity contribution in [2.45, 2.75) is 19.8 Å². The van der Waals surface area contributed by atoms with Gasteiger partial charge in [-0.25, -0.2) is 9.97 Å².